The van der Waals surface area contributed by atoms with E-state index in [9.17, 15) is 14.7 Å². The van der Waals surface area contributed by atoms with Gasteiger partial charge in [-0.15, -0.1) is 0 Å². The minimum absolute atomic E-state index is 0.0534. The summed E-state index contributed by atoms with van der Waals surface area (Å²) in [7, 11) is 0. The van der Waals surface area contributed by atoms with Crippen LogP contribution >= 0.6 is 15.9 Å². The van der Waals surface area contributed by atoms with Crippen LogP contribution in [0.1, 0.15) is 49.4 Å². The molecule has 0 atom stereocenters. The number of nitrogens with one attached hydrogen (secondary N) is 1. The molecule has 1 aromatic rings. The molecule has 0 bridgehead atoms. The number of amides is 1. The SMILES string of the molecule is CCC1(C(=O)Nc2ccc(Br)cc2C(=O)O)CCCC1. The minimum atomic E-state index is -1.04. The van der Waals surface area contributed by atoms with Gasteiger partial charge in [-0.1, -0.05) is 35.7 Å². The second-order valence-corrected chi connectivity index (χ2v) is 6.21. The lowest BCUT2D eigenvalue weighted by molar-refractivity contribution is -0.125. The van der Waals surface area contributed by atoms with Crippen LogP contribution in [0.3, 0.4) is 0 Å². The number of anilines is 1. The standard InChI is InChI=1S/C15H18BrNO3/c1-2-15(7-3-4-8-15)14(20)17-12-6-5-10(16)9-11(12)13(18)19/h5-6,9H,2-4,7-8H2,1H3,(H,17,20)(H,18,19). The molecule has 1 saturated carbocycles. The van der Waals surface area contributed by atoms with E-state index in [0.717, 1.165) is 32.1 Å². The van der Waals surface area contributed by atoms with E-state index in [1.54, 1.807) is 12.1 Å². The van der Waals surface area contributed by atoms with E-state index >= 15 is 0 Å². The van der Waals surface area contributed by atoms with Gasteiger partial charge in [-0.25, -0.2) is 4.79 Å². The molecule has 1 fully saturated rings. The van der Waals surface area contributed by atoms with Gasteiger partial charge in [0.05, 0.1) is 11.3 Å². The maximum absolute atomic E-state index is 12.5. The largest absolute Gasteiger partial charge is 0.478 e. The summed E-state index contributed by atoms with van der Waals surface area (Å²) in [5.41, 5.74) is 0.144. The molecule has 108 valence electrons. The number of carbonyl (C=O) groups is 2. The van der Waals surface area contributed by atoms with Crippen LogP contribution in [0.15, 0.2) is 22.7 Å². The molecule has 20 heavy (non-hydrogen) atoms. The molecule has 2 rings (SSSR count). The fourth-order valence-electron chi connectivity index (χ4n) is 2.85. The lowest BCUT2D eigenvalue weighted by Crippen LogP contribution is -2.33. The molecule has 1 amide bonds. The summed E-state index contributed by atoms with van der Waals surface area (Å²) in [5.74, 6) is -1.10. The third-order valence-electron chi connectivity index (χ3n) is 4.18. The lowest BCUT2D eigenvalue weighted by atomic mass is 9.82. The van der Waals surface area contributed by atoms with Crippen molar-refractivity contribution < 1.29 is 14.7 Å². The predicted octanol–water partition coefficient (Wildman–Crippen LogP) is 4.06. The second-order valence-electron chi connectivity index (χ2n) is 5.29. The highest BCUT2D eigenvalue weighted by Crippen LogP contribution is 2.42. The van der Waals surface area contributed by atoms with Crippen molar-refractivity contribution in [3.8, 4) is 0 Å². The topological polar surface area (TPSA) is 66.4 Å². The first-order valence-corrected chi connectivity index (χ1v) is 7.62. The van der Waals surface area contributed by atoms with Crippen molar-refractivity contribution in [3.63, 3.8) is 0 Å². The van der Waals surface area contributed by atoms with Gasteiger partial charge in [-0.05, 0) is 37.5 Å². The Labute approximate surface area is 126 Å². The summed E-state index contributed by atoms with van der Waals surface area (Å²) in [6.45, 7) is 2.02. The van der Waals surface area contributed by atoms with Gasteiger partial charge in [0.15, 0.2) is 0 Å². The summed E-state index contributed by atoms with van der Waals surface area (Å²) in [4.78, 5) is 23.8. The number of rotatable bonds is 4. The van der Waals surface area contributed by atoms with E-state index in [1.807, 2.05) is 6.92 Å². The predicted molar refractivity (Wildman–Crippen MR) is 80.9 cm³/mol. The van der Waals surface area contributed by atoms with Crippen LogP contribution in [0.5, 0.6) is 0 Å². The van der Waals surface area contributed by atoms with Crippen molar-refractivity contribution in [2.45, 2.75) is 39.0 Å². The maximum atomic E-state index is 12.5. The van der Waals surface area contributed by atoms with E-state index < -0.39 is 5.97 Å². The number of carbonyl (C=O) groups excluding carboxylic acids is 1. The third-order valence-corrected chi connectivity index (χ3v) is 4.67. The molecule has 0 unspecified atom stereocenters. The van der Waals surface area contributed by atoms with E-state index in [-0.39, 0.29) is 16.9 Å². The van der Waals surface area contributed by atoms with E-state index in [2.05, 4.69) is 21.2 Å². The minimum Gasteiger partial charge on any atom is -0.478 e. The molecule has 0 aliphatic heterocycles. The van der Waals surface area contributed by atoms with Gasteiger partial charge in [-0.2, -0.15) is 0 Å². The Morgan fingerprint density at radius 2 is 2.00 bits per heavy atom. The number of carboxylic acids is 1. The number of halogens is 1. The second kappa shape index (κ2) is 5.95. The van der Waals surface area contributed by atoms with Crippen molar-refractivity contribution in [1.29, 1.82) is 0 Å². The lowest BCUT2D eigenvalue weighted by Gasteiger charge is -2.26. The van der Waals surface area contributed by atoms with Crippen LogP contribution in [0.25, 0.3) is 0 Å². The molecule has 5 heteroatoms. The van der Waals surface area contributed by atoms with Gasteiger partial charge in [0.1, 0.15) is 0 Å². The zero-order chi connectivity index (χ0) is 14.8. The number of hydrogen-bond donors (Lipinski definition) is 2. The Morgan fingerprint density at radius 3 is 2.55 bits per heavy atom. The zero-order valence-corrected chi connectivity index (χ0v) is 13.0. The molecular formula is C15H18BrNO3. The number of carboxylic acid groups (broad SMARTS) is 1. The highest BCUT2D eigenvalue weighted by molar-refractivity contribution is 9.10. The van der Waals surface area contributed by atoms with Gasteiger partial charge >= 0.3 is 5.97 Å². The van der Waals surface area contributed by atoms with Crippen LogP contribution < -0.4 is 5.32 Å². The van der Waals surface area contributed by atoms with Crippen molar-refractivity contribution in [2.24, 2.45) is 5.41 Å². The Balaban J connectivity index is 2.25. The fraction of sp³-hybridized carbons (Fsp3) is 0.467. The summed E-state index contributed by atoms with van der Waals surface area (Å²) in [6.07, 6.45) is 4.68. The maximum Gasteiger partial charge on any atom is 0.337 e. The van der Waals surface area contributed by atoms with Crippen LogP contribution in [-0.4, -0.2) is 17.0 Å². The fourth-order valence-corrected chi connectivity index (χ4v) is 3.21. The summed E-state index contributed by atoms with van der Waals surface area (Å²) in [6, 6.07) is 4.87. The average Bonchev–Trinajstić information content (AvgIpc) is 2.90. The molecule has 0 radical (unpaired) electrons. The first-order valence-electron chi connectivity index (χ1n) is 6.83. The van der Waals surface area contributed by atoms with Crippen molar-refractivity contribution in [3.05, 3.63) is 28.2 Å². The quantitative estimate of drug-likeness (QED) is 0.869. The summed E-state index contributed by atoms with van der Waals surface area (Å²) >= 11 is 3.25. The smallest absolute Gasteiger partial charge is 0.337 e. The first kappa shape index (κ1) is 15.0. The molecule has 0 spiro atoms. The van der Waals surface area contributed by atoms with Crippen LogP contribution in [0, 0.1) is 5.41 Å². The summed E-state index contributed by atoms with van der Waals surface area (Å²) in [5, 5.41) is 12.0. The van der Waals surface area contributed by atoms with Gasteiger partial charge in [0.25, 0.3) is 0 Å². The van der Waals surface area contributed by atoms with Crippen LogP contribution in [0.4, 0.5) is 5.69 Å². The van der Waals surface area contributed by atoms with Crippen molar-refractivity contribution >= 4 is 33.5 Å². The average molecular weight is 340 g/mol. The molecule has 1 aromatic carbocycles. The van der Waals surface area contributed by atoms with Crippen LogP contribution in [-0.2, 0) is 4.79 Å². The van der Waals surface area contributed by atoms with Gasteiger partial charge in [0.2, 0.25) is 5.91 Å². The van der Waals surface area contributed by atoms with Crippen molar-refractivity contribution in [1.82, 2.24) is 0 Å². The highest BCUT2D eigenvalue weighted by atomic mass is 79.9. The van der Waals surface area contributed by atoms with E-state index in [1.165, 1.54) is 6.07 Å². The van der Waals surface area contributed by atoms with Crippen LogP contribution in [0.2, 0.25) is 0 Å². The van der Waals surface area contributed by atoms with Gasteiger partial charge < -0.3 is 10.4 Å². The molecule has 4 nitrogen and oxygen atoms in total. The Bertz CT molecular complexity index is 536. The van der Waals surface area contributed by atoms with Gasteiger partial charge in [0, 0.05) is 9.89 Å². The number of benzene rings is 1. The van der Waals surface area contributed by atoms with Gasteiger partial charge in [-0.3, -0.25) is 4.79 Å². The Morgan fingerprint density at radius 1 is 1.35 bits per heavy atom. The molecule has 1 aliphatic carbocycles. The Hall–Kier alpha value is -1.36. The molecule has 0 heterocycles. The molecule has 0 aromatic heterocycles. The van der Waals surface area contributed by atoms with E-state index in [4.69, 9.17) is 0 Å². The summed E-state index contributed by atoms with van der Waals surface area (Å²) < 4.78 is 0.680. The van der Waals surface area contributed by atoms with E-state index in [0.29, 0.717) is 10.2 Å². The molecular weight excluding hydrogens is 322 g/mol. The molecule has 0 saturated heterocycles. The number of aromatic carboxylic acids is 1. The first-order chi connectivity index (χ1) is 9.48. The number of hydrogen-bond acceptors (Lipinski definition) is 2. The third kappa shape index (κ3) is 2.87. The molecule has 2 N–H and O–H groups in total. The zero-order valence-electron chi connectivity index (χ0n) is 11.4. The Kier molecular flexibility index (Phi) is 4.48. The molecule has 1 aliphatic rings. The van der Waals surface area contributed by atoms with Crippen molar-refractivity contribution in [2.75, 3.05) is 5.32 Å². The monoisotopic (exact) mass is 339 g/mol. The normalized spacial score (nSPS) is 16.9. The highest BCUT2D eigenvalue weighted by Gasteiger charge is 2.39.